The second kappa shape index (κ2) is 5.35. The summed E-state index contributed by atoms with van der Waals surface area (Å²) in [6.45, 7) is 0. The van der Waals surface area contributed by atoms with Crippen molar-refractivity contribution in [3.8, 4) is 0 Å². The molecule has 10 heteroatoms. The topological polar surface area (TPSA) is 37.4 Å². The summed E-state index contributed by atoms with van der Waals surface area (Å²) in [6.07, 6.45) is 0. The first-order chi connectivity index (χ1) is 11.5. The molecule has 1 saturated heterocycles. The number of nitrogens with zero attached hydrogens (tertiary/aromatic N) is 1. The lowest BCUT2D eigenvalue weighted by Gasteiger charge is -2.34. The predicted octanol–water partition coefficient (Wildman–Crippen LogP) is 5.29. The van der Waals surface area contributed by atoms with Gasteiger partial charge in [-0.2, -0.15) is 0 Å². The zero-order chi connectivity index (χ0) is 18.5. The normalized spacial score (nSPS) is 38.8. The second-order valence-electron chi connectivity index (χ2n) is 6.07. The molecule has 1 aromatic carbocycles. The Morgan fingerprint density at radius 1 is 0.760 bits per heavy atom. The van der Waals surface area contributed by atoms with E-state index in [0.717, 1.165) is 4.90 Å². The van der Waals surface area contributed by atoms with Crippen molar-refractivity contribution < 1.29 is 9.59 Å². The van der Waals surface area contributed by atoms with Gasteiger partial charge in [0, 0.05) is 5.02 Å². The molecule has 3 aliphatic rings. The molecular weight excluding hydrogens is 474 g/mol. The third-order valence-electron chi connectivity index (χ3n) is 4.99. The molecule has 1 saturated carbocycles. The summed E-state index contributed by atoms with van der Waals surface area (Å²) in [7, 11) is 0. The minimum Gasteiger partial charge on any atom is -0.274 e. The molecule has 2 bridgehead atoms. The van der Waals surface area contributed by atoms with Gasteiger partial charge in [0.05, 0.1) is 27.6 Å². The molecule has 25 heavy (non-hydrogen) atoms. The number of allylic oxidation sites excluding steroid dienone is 2. The van der Waals surface area contributed by atoms with E-state index in [4.69, 9.17) is 81.2 Å². The van der Waals surface area contributed by atoms with Crippen LogP contribution in [0.3, 0.4) is 0 Å². The minimum atomic E-state index is -1.93. The maximum atomic E-state index is 13.0. The van der Waals surface area contributed by atoms with Gasteiger partial charge < -0.3 is 0 Å². The summed E-state index contributed by atoms with van der Waals surface area (Å²) in [6, 6.07) is 6.18. The molecule has 0 spiro atoms. The number of carbonyl (C=O) groups is 2. The van der Waals surface area contributed by atoms with E-state index in [2.05, 4.69) is 0 Å². The smallest absolute Gasteiger partial charge is 0.240 e. The van der Waals surface area contributed by atoms with Crippen molar-refractivity contribution in [1.29, 1.82) is 0 Å². The van der Waals surface area contributed by atoms with E-state index in [9.17, 15) is 9.59 Å². The average molecular weight is 480 g/mol. The molecule has 132 valence electrons. The summed E-state index contributed by atoms with van der Waals surface area (Å²) < 4.78 is -1.93. The van der Waals surface area contributed by atoms with Gasteiger partial charge in [-0.1, -0.05) is 58.0 Å². The van der Waals surface area contributed by atoms with Gasteiger partial charge in [0.2, 0.25) is 11.8 Å². The number of hydrogen-bond acceptors (Lipinski definition) is 2. The van der Waals surface area contributed by atoms with Crippen molar-refractivity contribution in [3.05, 3.63) is 39.4 Å². The lowest BCUT2D eigenvalue weighted by atomic mass is 9.84. The molecule has 3 nitrogen and oxygen atoms in total. The molecule has 0 aromatic heterocycles. The number of imide groups is 1. The SMILES string of the molecule is O=C1[C@H]2[C@H](C(=O)N1c1ccc(Cl)cc1)[C@@]1(Cl)C(Cl)=C(Cl)[C@@]2(Cl)C1(Cl)Cl. The number of fused-ring (bicyclic) bond motifs is 5. The molecule has 4 atom stereocenters. The van der Waals surface area contributed by atoms with Crippen molar-refractivity contribution in [3.63, 3.8) is 0 Å². The van der Waals surface area contributed by atoms with Crippen LogP contribution < -0.4 is 4.90 Å². The van der Waals surface area contributed by atoms with Crippen molar-refractivity contribution in [2.24, 2.45) is 11.8 Å². The van der Waals surface area contributed by atoms with E-state index < -0.39 is 37.7 Å². The van der Waals surface area contributed by atoms with Gasteiger partial charge >= 0.3 is 0 Å². The van der Waals surface area contributed by atoms with Gasteiger partial charge in [0.25, 0.3) is 0 Å². The van der Waals surface area contributed by atoms with Gasteiger partial charge in [-0.25, -0.2) is 4.90 Å². The number of rotatable bonds is 1. The van der Waals surface area contributed by atoms with Gasteiger partial charge in [0.15, 0.2) is 4.33 Å². The van der Waals surface area contributed by atoms with Gasteiger partial charge in [0.1, 0.15) is 9.75 Å². The van der Waals surface area contributed by atoms with E-state index in [-0.39, 0.29) is 10.1 Å². The van der Waals surface area contributed by atoms with Crippen molar-refractivity contribution >= 4 is 98.7 Å². The number of benzene rings is 1. The number of anilines is 1. The summed E-state index contributed by atoms with van der Waals surface area (Å²) in [5, 5.41) is 0.228. The molecule has 2 amide bonds. The first kappa shape index (κ1) is 18.5. The van der Waals surface area contributed by atoms with Crippen LogP contribution in [0.2, 0.25) is 5.02 Å². The highest BCUT2D eigenvalue weighted by Gasteiger charge is 2.87. The molecular formula is C15H6Cl7NO2. The van der Waals surface area contributed by atoms with Gasteiger partial charge in [-0.05, 0) is 24.3 Å². The van der Waals surface area contributed by atoms with Crippen LogP contribution in [0.1, 0.15) is 0 Å². The molecule has 1 heterocycles. The minimum absolute atomic E-state index is 0.115. The Labute approximate surface area is 177 Å². The Balaban J connectivity index is 1.90. The molecule has 0 unspecified atom stereocenters. The quantitative estimate of drug-likeness (QED) is 0.405. The highest BCUT2D eigenvalue weighted by atomic mass is 35.5. The van der Waals surface area contributed by atoms with Gasteiger partial charge in [-0.15, -0.1) is 23.2 Å². The van der Waals surface area contributed by atoms with Crippen LogP contribution >= 0.6 is 81.2 Å². The van der Waals surface area contributed by atoms with E-state index >= 15 is 0 Å². The first-order valence-corrected chi connectivity index (χ1v) is 9.61. The van der Waals surface area contributed by atoms with Crippen molar-refractivity contribution in [1.82, 2.24) is 0 Å². The fraction of sp³-hybridized carbons (Fsp3) is 0.333. The lowest BCUT2D eigenvalue weighted by Crippen LogP contribution is -2.50. The number of halogens is 7. The third kappa shape index (κ3) is 1.84. The Morgan fingerprint density at radius 3 is 1.56 bits per heavy atom. The maximum absolute atomic E-state index is 13.0. The summed E-state index contributed by atoms with van der Waals surface area (Å²) in [4.78, 5) is 23.5. The number of alkyl halides is 4. The zero-order valence-electron chi connectivity index (χ0n) is 11.9. The van der Waals surface area contributed by atoms with Crippen LogP contribution in [0, 0.1) is 11.8 Å². The molecule has 0 N–H and O–H groups in total. The molecule has 0 radical (unpaired) electrons. The van der Waals surface area contributed by atoms with Crippen LogP contribution in [0.15, 0.2) is 34.3 Å². The van der Waals surface area contributed by atoms with Crippen LogP contribution in [-0.2, 0) is 9.59 Å². The van der Waals surface area contributed by atoms with E-state index in [1.54, 1.807) is 12.1 Å². The fourth-order valence-electron chi connectivity index (χ4n) is 3.84. The van der Waals surface area contributed by atoms with Crippen molar-refractivity contribution in [2.45, 2.75) is 14.1 Å². The van der Waals surface area contributed by atoms with Crippen LogP contribution in [0.5, 0.6) is 0 Å². The predicted molar refractivity (Wildman–Crippen MR) is 101 cm³/mol. The first-order valence-electron chi connectivity index (χ1n) is 6.96. The Kier molecular flexibility index (Phi) is 3.96. The van der Waals surface area contributed by atoms with E-state index in [1.807, 2.05) is 0 Å². The average Bonchev–Trinajstić information content (AvgIpc) is 2.94. The largest absolute Gasteiger partial charge is 0.274 e. The molecule has 4 rings (SSSR count). The molecule has 1 aliphatic heterocycles. The van der Waals surface area contributed by atoms with E-state index in [0.29, 0.717) is 10.7 Å². The monoisotopic (exact) mass is 477 g/mol. The number of hydrogen-bond donors (Lipinski definition) is 0. The maximum Gasteiger partial charge on any atom is 0.240 e. The van der Waals surface area contributed by atoms with Gasteiger partial charge in [-0.3, -0.25) is 9.59 Å². The highest BCUT2D eigenvalue weighted by Crippen LogP contribution is 2.77. The number of amides is 2. The van der Waals surface area contributed by atoms with Crippen LogP contribution in [0.25, 0.3) is 0 Å². The highest BCUT2D eigenvalue weighted by molar-refractivity contribution is 6.67. The zero-order valence-corrected chi connectivity index (χ0v) is 17.2. The third-order valence-corrected chi connectivity index (χ3v) is 9.50. The van der Waals surface area contributed by atoms with E-state index in [1.165, 1.54) is 12.1 Å². The Bertz CT molecular complexity index is 821. The summed E-state index contributed by atoms with van der Waals surface area (Å²) >= 11 is 44.4. The van der Waals surface area contributed by atoms with Crippen LogP contribution in [-0.4, -0.2) is 25.9 Å². The summed E-state index contributed by atoms with van der Waals surface area (Å²) in [5.41, 5.74) is 0.329. The van der Waals surface area contributed by atoms with Crippen LogP contribution in [0.4, 0.5) is 5.69 Å². The summed E-state index contributed by atoms with van der Waals surface area (Å²) in [5.74, 6) is -3.47. The molecule has 2 fully saturated rings. The number of carbonyl (C=O) groups excluding carboxylic acids is 2. The lowest BCUT2D eigenvalue weighted by molar-refractivity contribution is -0.123. The standard InChI is InChI=1S/C15H6Cl7NO2/c16-5-1-3-6(4-2-5)23-11(24)7-8(12(23)25)14(20)10(18)9(17)13(7,19)15(14,21)22/h1-4,7-8H/t7-,8-,13-,14-/m1/s1. The fourth-order valence-corrected chi connectivity index (χ4v) is 6.89. The van der Waals surface area contributed by atoms with Crippen molar-refractivity contribution in [2.75, 3.05) is 4.90 Å². The Hall–Kier alpha value is 0.130. The molecule has 1 aromatic rings. The molecule has 2 aliphatic carbocycles. The Morgan fingerprint density at radius 2 is 1.16 bits per heavy atom. The second-order valence-corrected chi connectivity index (χ2v) is 9.78.